The molecule has 0 unspecified atom stereocenters. The van der Waals surface area contributed by atoms with Crippen LogP contribution in [0.5, 0.6) is 0 Å². The molecular formula is C13H23N5O3. The van der Waals surface area contributed by atoms with E-state index >= 15 is 0 Å². The molecule has 0 atom stereocenters. The number of nitrogens with one attached hydrogen (secondary N) is 1. The average molecular weight is 297 g/mol. The van der Waals surface area contributed by atoms with Gasteiger partial charge in [0, 0.05) is 31.4 Å². The third kappa shape index (κ3) is 6.24. The Bertz CT molecular complexity index is 453. The molecule has 1 aromatic rings. The minimum absolute atomic E-state index is 0.0658. The number of hydrogen-bond acceptors (Lipinski definition) is 4. The van der Waals surface area contributed by atoms with Gasteiger partial charge in [-0.25, -0.2) is 4.79 Å². The standard InChI is InChI=1S/C13H23N5O3/c1-13(2,3)18(9-5-11(19)20)12(21)14-6-4-8-17-10-7-15-16-17/h7,10H,4-6,8-9H2,1-3H3,(H,14,21)(H,19,20). The molecule has 0 saturated carbocycles. The third-order valence-electron chi connectivity index (χ3n) is 2.92. The number of aliphatic carboxylic acids is 1. The summed E-state index contributed by atoms with van der Waals surface area (Å²) < 4.78 is 1.69. The number of nitrogens with zero attached hydrogens (tertiary/aromatic N) is 4. The van der Waals surface area contributed by atoms with E-state index in [4.69, 9.17) is 5.11 Å². The van der Waals surface area contributed by atoms with Crippen molar-refractivity contribution < 1.29 is 14.7 Å². The van der Waals surface area contributed by atoms with Crippen LogP contribution in [0.4, 0.5) is 4.79 Å². The molecule has 0 aliphatic carbocycles. The fourth-order valence-corrected chi connectivity index (χ4v) is 1.83. The van der Waals surface area contributed by atoms with E-state index < -0.39 is 11.5 Å². The molecule has 0 aromatic carbocycles. The second kappa shape index (κ2) is 7.61. The molecule has 1 aromatic heterocycles. The molecule has 1 rings (SSSR count). The lowest BCUT2D eigenvalue weighted by Gasteiger charge is -2.35. The van der Waals surface area contributed by atoms with Crippen LogP contribution in [-0.2, 0) is 11.3 Å². The molecular weight excluding hydrogens is 274 g/mol. The predicted molar refractivity (Wildman–Crippen MR) is 76.7 cm³/mol. The van der Waals surface area contributed by atoms with Gasteiger partial charge in [0.25, 0.3) is 0 Å². The van der Waals surface area contributed by atoms with Gasteiger partial charge in [-0.2, -0.15) is 0 Å². The fourth-order valence-electron chi connectivity index (χ4n) is 1.83. The van der Waals surface area contributed by atoms with E-state index in [0.29, 0.717) is 13.1 Å². The molecule has 0 aliphatic rings. The highest BCUT2D eigenvalue weighted by Gasteiger charge is 2.26. The Morgan fingerprint density at radius 3 is 2.62 bits per heavy atom. The summed E-state index contributed by atoms with van der Waals surface area (Å²) in [4.78, 5) is 24.4. The van der Waals surface area contributed by atoms with Crippen LogP contribution in [0.2, 0.25) is 0 Å². The van der Waals surface area contributed by atoms with Gasteiger partial charge in [0.2, 0.25) is 0 Å². The van der Waals surface area contributed by atoms with Gasteiger partial charge in [0.15, 0.2) is 0 Å². The van der Waals surface area contributed by atoms with Crippen molar-refractivity contribution in [3.05, 3.63) is 12.4 Å². The smallest absolute Gasteiger partial charge is 0.317 e. The SMILES string of the molecule is CC(C)(C)N(CCC(=O)O)C(=O)NCCCn1ccnn1. The monoisotopic (exact) mass is 297 g/mol. The van der Waals surface area contributed by atoms with Crippen molar-refractivity contribution in [1.82, 2.24) is 25.2 Å². The zero-order chi connectivity index (χ0) is 15.9. The van der Waals surface area contributed by atoms with Crippen LogP contribution in [-0.4, -0.2) is 55.6 Å². The minimum atomic E-state index is -0.914. The highest BCUT2D eigenvalue weighted by atomic mass is 16.4. The quantitative estimate of drug-likeness (QED) is 0.730. The summed E-state index contributed by atoms with van der Waals surface area (Å²) in [6.07, 6.45) is 4.03. The lowest BCUT2D eigenvalue weighted by molar-refractivity contribution is -0.137. The van der Waals surface area contributed by atoms with Crippen molar-refractivity contribution in [2.75, 3.05) is 13.1 Å². The van der Waals surface area contributed by atoms with Crippen LogP contribution in [0.3, 0.4) is 0 Å². The van der Waals surface area contributed by atoms with Crippen molar-refractivity contribution in [2.24, 2.45) is 0 Å². The lowest BCUT2D eigenvalue weighted by Crippen LogP contribution is -2.51. The second-order valence-electron chi connectivity index (χ2n) is 5.72. The fraction of sp³-hybridized carbons (Fsp3) is 0.692. The first-order valence-corrected chi connectivity index (χ1v) is 6.92. The van der Waals surface area contributed by atoms with Crippen molar-refractivity contribution in [1.29, 1.82) is 0 Å². The average Bonchev–Trinajstić information content (AvgIpc) is 2.85. The number of amides is 2. The molecule has 118 valence electrons. The molecule has 8 nitrogen and oxygen atoms in total. The number of rotatable bonds is 7. The van der Waals surface area contributed by atoms with Crippen molar-refractivity contribution in [3.8, 4) is 0 Å². The van der Waals surface area contributed by atoms with Gasteiger partial charge in [-0.3, -0.25) is 9.48 Å². The van der Waals surface area contributed by atoms with Crippen LogP contribution in [0.25, 0.3) is 0 Å². The summed E-state index contributed by atoms with van der Waals surface area (Å²) in [7, 11) is 0. The molecule has 2 amide bonds. The molecule has 0 spiro atoms. The Morgan fingerprint density at radius 1 is 1.38 bits per heavy atom. The van der Waals surface area contributed by atoms with E-state index in [9.17, 15) is 9.59 Å². The van der Waals surface area contributed by atoms with E-state index in [1.54, 1.807) is 17.1 Å². The van der Waals surface area contributed by atoms with E-state index in [1.165, 1.54) is 4.90 Å². The summed E-state index contributed by atoms with van der Waals surface area (Å²) >= 11 is 0. The van der Waals surface area contributed by atoms with Crippen LogP contribution < -0.4 is 5.32 Å². The Kier molecular flexibility index (Phi) is 6.13. The molecule has 2 N–H and O–H groups in total. The number of carbonyl (C=O) groups excluding carboxylic acids is 1. The van der Waals surface area contributed by atoms with Gasteiger partial charge in [-0.15, -0.1) is 5.10 Å². The molecule has 0 saturated heterocycles. The third-order valence-corrected chi connectivity index (χ3v) is 2.92. The van der Waals surface area contributed by atoms with Gasteiger partial charge in [-0.05, 0) is 27.2 Å². The molecule has 0 bridgehead atoms. The van der Waals surface area contributed by atoms with Crippen LogP contribution in [0.1, 0.15) is 33.6 Å². The van der Waals surface area contributed by atoms with E-state index in [-0.39, 0.29) is 19.0 Å². The molecule has 0 fully saturated rings. The highest BCUT2D eigenvalue weighted by molar-refractivity contribution is 5.76. The van der Waals surface area contributed by atoms with Crippen molar-refractivity contribution >= 4 is 12.0 Å². The number of carboxylic acids is 1. The first-order chi connectivity index (χ1) is 9.80. The zero-order valence-electron chi connectivity index (χ0n) is 12.7. The zero-order valence-corrected chi connectivity index (χ0v) is 12.7. The normalized spacial score (nSPS) is 11.2. The maximum absolute atomic E-state index is 12.2. The Hall–Kier alpha value is -2.12. The molecule has 21 heavy (non-hydrogen) atoms. The van der Waals surface area contributed by atoms with Gasteiger partial charge in [0.1, 0.15) is 0 Å². The summed E-state index contributed by atoms with van der Waals surface area (Å²) in [5.74, 6) is -0.914. The lowest BCUT2D eigenvalue weighted by atomic mass is 10.1. The summed E-state index contributed by atoms with van der Waals surface area (Å²) in [6, 6.07) is -0.248. The van der Waals surface area contributed by atoms with E-state index in [0.717, 1.165) is 6.42 Å². The summed E-state index contributed by atoms with van der Waals surface area (Å²) in [6.45, 7) is 6.99. The van der Waals surface area contributed by atoms with Gasteiger partial charge >= 0.3 is 12.0 Å². The van der Waals surface area contributed by atoms with Crippen molar-refractivity contribution in [2.45, 2.75) is 45.7 Å². The van der Waals surface area contributed by atoms with Crippen LogP contribution >= 0.6 is 0 Å². The number of aromatic nitrogens is 3. The predicted octanol–water partition coefficient (Wildman–Crippen LogP) is 0.953. The number of carbonyl (C=O) groups is 2. The second-order valence-corrected chi connectivity index (χ2v) is 5.72. The summed E-state index contributed by atoms with van der Waals surface area (Å²) in [5.41, 5.74) is -0.425. The Labute approximate surface area is 124 Å². The topological polar surface area (TPSA) is 100 Å². The first-order valence-electron chi connectivity index (χ1n) is 6.92. The highest BCUT2D eigenvalue weighted by Crippen LogP contribution is 2.13. The van der Waals surface area contributed by atoms with Crippen molar-refractivity contribution in [3.63, 3.8) is 0 Å². The van der Waals surface area contributed by atoms with Gasteiger partial charge < -0.3 is 15.3 Å². The van der Waals surface area contributed by atoms with Gasteiger partial charge in [0.05, 0.1) is 12.6 Å². The maximum atomic E-state index is 12.2. The number of carboxylic acid groups (broad SMARTS) is 1. The molecule has 8 heteroatoms. The van der Waals surface area contributed by atoms with E-state index in [2.05, 4.69) is 15.6 Å². The molecule has 1 heterocycles. The number of urea groups is 1. The first kappa shape index (κ1) is 16.9. The molecule has 0 aliphatic heterocycles. The molecule has 0 radical (unpaired) electrons. The Balaban J connectivity index is 2.39. The number of aryl methyl sites for hydroxylation is 1. The van der Waals surface area contributed by atoms with Crippen LogP contribution in [0.15, 0.2) is 12.4 Å². The number of hydrogen-bond donors (Lipinski definition) is 2. The Morgan fingerprint density at radius 2 is 2.10 bits per heavy atom. The van der Waals surface area contributed by atoms with Gasteiger partial charge in [-0.1, -0.05) is 5.21 Å². The summed E-state index contributed by atoms with van der Waals surface area (Å²) in [5, 5.41) is 19.1. The minimum Gasteiger partial charge on any atom is -0.481 e. The van der Waals surface area contributed by atoms with Crippen LogP contribution in [0, 0.1) is 0 Å². The largest absolute Gasteiger partial charge is 0.481 e. The maximum Gasteiger partial charge on any atom is 0.317 e. The van der Waals surface area contributed by atoms with E-state index in [1.807, 2.05) is 20.8 Å².